The van der Waals surface area contributed by atoms with Gasteiger partial charge in [-0.15, -0.1) is 0 Å². The van der Waals surface area contributed by atoms with Gasteiger partial charge in [0.2, 0.25) is 6.86 Å². The smallest absolute Gasteiger partial charge is 0.214 e. The molecule has 0 heterocycles. The van der Waals surface area contributed by atoms with Crippen LogP contribution in [0.3, 0.4) is 0 Å². The topological polar surface area (TPSA) is 24.5 Å². The van der Waals surface area contributed by atoms with E-state index < -0.39 is 12.2 Å². The van der Waals surface area contributed by atoms with E-state index in [1.807, 2.05) is 0 Å². The van der Waals surface area contributed by atoms with E-state index in [0.29, 0.717) is 5.69 Å². The highest BCUT2D eigenvalue weighted by molar-refractivity contribution is 5.51. The second-order valence-electron chi connectivity index (χ2n) is 2.14. The molecule has 0 atom stereocenters. The molecule has 0 fully saturated rings. The summed E-state index contributed by atoms with van der Waals surface area (Å²) in [4.78, 5) is 4.20. The molecule has 0 aliphatic heterocycles. The second-order valence-corrected chi connectivity index (χ2v) is 2.14. The SMILES string of the molecule is FCONc1ccc(N(F)F)cc1. The number of nitrogens with zero attached hydrogens (tertiary/aromatic N) is 1. The molecule has 0 amide bonds. The molecule has 72 valence electrons. The van der Waals surface area contributed by atoms with Crippen LogP contribution in [0.25, 0.3) is 0 Å². The summed E-state index contributed by atoms with van der Waals surface area (Å²) >= 11 is 0. The maximum absolute atomic E-state index is 11.9. The minimum absolute atomic E-state index is 0.245. The Morgan fingerprint density at radius 1 is 1.23 bits per heavy atom. The van der Waals surface area contributed by atoms with E-state index >= 15 is 0 Å². The summed E-state index contributed by atoms with van der Waals surface area (Å²) in [7, 11) is 0. The highest BCUT2D eigenvalue weighted by atomic mass is 19.4. The number of halogens is 3. The van der Waals surface area contributed by atoms with Gasteiger partial charge in [0.1, 0.15) is 5.69 Å². The predicted octanol–water partition coefficient (Wildman–Crippen LogP) is 2.53. The maximum atomic E-state index is 11.9. The van der Waals surface area contributed by atoms with Gasteiger partial charge < -0.3 is 0 Å². The number of hydrogen-bond acceptors (Lipinski definition) is 3. The molecule has 13 heavy (non-hydrogen) atoms. The standard InChI is InChI=1S/C7H7F3N2O/c8-5-13-11-6-1-3-7(4-2-6)12(9)10/h1-4,11H,5H2. The Hall–Kier alpha value is -1.43. The molecule has 1 aromatic carbocycles. The molecule has 0 spiro atoms. The van der Waals surface area contributed by atoms with Crippen LogP contribution in [0.2, 0.25) is 0 Å². The van der Waals surface area contributed by atoms with Crippen LogP contribution < -0.4 is 10.8 Å². The molecule has 1 N–H and O–H groups in total. The van der Waals surface area contributed by atoms with Gasteiger partial charge >= 0.3 is 0 Å². The molecule has 0 bridgehead atoms. The summed E-state index contributed by atoms with van der Waals surface area (Å²) in [6.07, 6.45) is 0. The van der Waals surface area contributed by atoms with Gasteiger partial charge in [-0.05, 0) is 29.6 Å². The molecule has 6 heteroatoms. The summed E-state index contributed by atoms with van der Waals surface area (Å²) in [5.41, 5.74) is 2.38. The van der Waals surface area contributed by atoms with Crippen LogP contribution in [-0.4, -0.2) is 6.86 Å². The lowest BCUT2D eigenvalue weighted by molar-refractivity contribution is 0.101. The number of alkyl halides is 1. The van der Waals surface area contributed by atoms with Gasteiger partial charge in [-0.1, -0.05) is 8.96 Å². The Bertz CT molecular complexity index is 252. The summed E-state index contributed by atoms with van der Waals surface area (Å²) < 4.78 is 35.2. The Morgan fingerprint density at radius 3 is 2.31 bits per heavy atom. The van der Waals surface area contributed by atoms with Crippen molar-refractivity contribution in [2.45, 2.75) is 0 Å². The Kier molecular flexibility index (Phi) is 3.39. The molecule has 0 aromatic heterocycles. The molecule has 3 nitrogen and oxygen atoms in total. The van der Waals surface area contributed by atoms with E-state index in [1.54, 1.807) is 0 Å². The third kappa shape index (κ3) is 2.83. The van der Waals surface area contributed by atoms with E-state index in [-0.39, 0.29) is 5.69 Å². The summed E-state index contributed by atoms with van der Waals surface area (Å²) in [5, 5.41) is -1.01. The highest BCUT2D eigenvalue weighted by Crippen LogP contribution is 2.18. The average molecular weight is 192 g/mol. The van der Waals surface area contributed by atoms with Gasteiger partial charge in [0.05, 0.1) is 5.69 Å². The first-order chi connectivity index (χ1) is 6.24. The summed E-state index contributed by atoms with van der Waals surface area (Å²) in [5.74, 6) is 0. The first-order valence-electron chi connectivity index (χ1n) is 3.39. The fraction of sp³-hybridized carbons (Fsp3) is 0.143. The van der Waals surface area contributed by atoms with Gasteiger partial charge in [-0.3, -0.25) is 5.48 Å². The molecule has 0 radical (unpaired) electrons. The van der Waals surface area contributed by atoms with E-state index in [2.05, 4.69) is 10.3 Å². The van der Waals surface area contributed by atoms with Crippen LogP contribution in [0.15, 0.2) is 24.3 Å². The van der Waals surface area contributed by atoms with Crippen LogP contribution in [0.4, 0.5) is 24.7 Å². The lowest BCUT2D eigenvalue weighted by Crippen LogP contribution is -2.00. The van der Waals surface area contributed by atoms with E-state index in [0.717, 1.165) is 0 Å². The summed E-state index contributed by atoms with van der Waals surface area (Å²) in [6.45, 7) is -0.986. The number of benzene rings is 1. The zero-order chi connectivity index (χ0) is 9.68. The Labute approximate surface area is 72.5 Å². The minimum Gasteiger partial charge on any atom is -0.264 e. The number of anilines is 2. The van der Waals surface area contributed by atoms with Crippen molar-refractivity contribution in [3.8, 4) is 0 Å². The first kappa shape index (κ1) is 9.66. The molecule has 0 saturated heterocycles. The molecule has 0 saturated carbocycles. The minimum atomic E-state index is -1.01. The van der Waals surface area contributed by atoms with E-state index in [1.165, 1.54) is 24.3 Å². The predicted molar refractivity (Wildman–Crippen MR) is 41.8 cm³/mol. The fourth-order valence-corrected chi connectivity index (χ4v) is 0.753. The van der Waals surface area contributed by atoms with Gasteiger partial charge in [0.15, 0.2) is 0 Å². The largest absolute Gasteiger partial charge is 0.264 e. The van der Waals surface area contributed by atoms with Gasteiger partial charge in [0.25, 0.3) is 0 Å². The van der Waals surface area contributed by atoms with Gasteiger partial charge in [-0.2, -0.15) is 0 Å². The first-order valence-corrected chi connectivity index (χ1v) is 3.39. The molecule has 1 rings (SSSR count). The lowest BCUT2D eigenvalue weighted by atomic mass is 10.3. The third-order valence-corrected chi connectivity index (χ3v) is 1.31. The average Bonchev–Trinajstić information content (AvgIpc) is 2.15. The molecule has 0 aliphatic carbocycles. The van der Waals surface area contributed by atoms with E-state index in [4.69, 9.17) is 0 Å². The molecular formula is C7H7F3N2O. The second kappa shape index (κ2) is 4.56. The zero-order valence-corrected chi connectivity index (χ0v) is 6.51. The van der Waals surface area contributed by atoms with Crippen molar-refractivity contribution in [3.05, 3.63) is 24.3 Å². The van der Waals surface area contributed by atoms with Crippen molar-refractivity contribution in [3.63, 3.8) is 0 Å². The zero-order valence-electron chi connectivity index (χ0n) is 6.51. The van der Waals surface area contributed by atoms with Crippen molar-refractivity contribution in [2.75, 3.05) is 17.7 Å². The number of rotatable bonds is 4. The van der Waals surface area contributed by atoms with E-state index in [9.17, 15) is 13.4 Å². The third-order valence-electron chi connectivity index (χ3n) is 1.31. The quantitative estimate of drug-likeness (QED) is 0.586. The van der Waals surface area contributed by atoms with Gasteiger partial charge in [0, 0.05) is 0 Å². The highest BCUT2D eigenvalue weighted by Gasteiger charge is 2.01. The Balaban J connectivity index is 2.59. The van der Waals surface area contributed by atoms with Crippen LogP contribution in [-0.2, 0) is 4.84 Å². The van der Waals surface area contributed by atoms with Crippen molar-refractivity contribution in [1.29, 1.82) is 0 Å². The summed E-state index contributed by atoms with van der Waals surface area (Å²) in [6, 6.07) is 5.03. The van der Waals surface area contributed by atoms with Crippen molar-refractivity contribution >= 4 is 11.4 Å². The van der Waals surface area contributed by atoms with Crippen molar-refractivity contribution in [1.82, 2.24) is 0 Å². The monoisotopic (exact) mass is 192 g/mol. The molecular weight excluding hydrogens is 185 g/mol. The Morgan fingerprint density at radius 2 is 1.85 bits per heavy atom. The number of hydrogen-bond donors (Lipinski definition) is 1. The van der Waals surface area contributed by atoms with Crippen LogP contribution >= 0.6 is 0 Å². The number of nitrogens with one attached hydrogen (secondary N) is 1. The maximum Gasteiger partial charge on any atom is 0.214 e. The van der Waals surface area contributed by atoms with Crippen LogP contribution in [0, 0.1) is 0 Å². The van der Waals surface area contributed by atoms with Crippen LogP contribution in [0.1, 0.15) is 0 Å². The molecule has 1 aromatic rings. The van der Waals surface area contributed by atoms with Gasteiger partial charge in [-0.25, -0.2) is 9.23 Å². The molecule has 0 aliphatic rings. The van der Waals surface area contributed by atoms with Crippen molar-refractivity contribution < 1.29 is 18.2 Å². The fourth-order valence-electron chi connectivity index (χ4n) is 0.753. The molecule has 0 unspecified atom stereocenters. The van der Waals surface area contributed by atoms with Crippen molar-refractivity contribution in [2.24, 2.45) is 0 Å². The normalized spacial score (nSPS) is 9.77. The lowest BCUT2D eigenvalue weighted by Gasteiger charge is -2.05. The van der Waals surface area contributed by atoms with Crippen LogP contribution in [0.5, 0.6) is 0 Å².